The summed E-state index contributed by atoms with van der Waals surface area (Å²) in [6.45, 7) is 5.52. The molecule has 1 N–H and O–H groups in total. The van der Waals surface area contributed by atoms with Gasteiger partial charge in [0.2, 0.25) is 0 Å². The summed E-state index contributed by atoms with van der Waals surface area (Å²) < 4.78 is 0. The van der Waals surface area contributed by atoms with E-state index in [1.54, 1.807) is 12.4 Å². The lowest BCUT2D eigenvalue weighted by Gasteiger charge is -2.26. The quantitative estimate of drug-likeness (QED) is 0.817. The normalized spacial score (nSPS) is 17.2. The van der Waals surface area contributed by atoms with E-state index >= 15 is 0 Å². The number of pyridine rings is 1. The highest BCUT2D eigenvalue weighted by atomic mass is 35.5. The van der Waals surface area contributed by atoms with Crippen LogP contribution in [-0.4, -0.2) is 36.1 Å². The summed E-state index contributed by atoms with van der Waals surface area (Å²) in [6.07, 6.45) is 7.60. The fourth-order valence-corrected chi connectivity index (χ4v) is 2.38. The lowest BCUT2D eigenvalue weighted by atomic mass is 10.1. The molecule has 4 heteroatoms. The van der Waals surface area contributed by atoms with Crippen molar-refractivity contribution in [1.82, 2.24) is 15.2 Å². The number of hydrogen-bond acceptors (Lipinski definition) is 3. The molecule has 0 bridgehead atoms. The fraction of sp³-hybridized carbons (Fsp3) is 0.615. The third kappa shape index (κ3) is 4.26. The first-order valence-corrected chi connectivity index (χ1v) is 6.75. The van der Waals surface area contributed by atoms with E-state index in [4.69, 9.17) is 11.6 Å². The average molecular weight is 254 g/mol. The van der Waals surface area contributed by atoms with Crippen molar-refractivity contribution in [2.24, 2.45) is 0 Å². The van der Waals surface area contributed by atoms with Gasteiger partial charge in [-0.2, -0.15) is 0 Å². The molecular formula is C13H20ClN3. The lowest BCUT2D eigenvalue weighted by Crippen LogP contribution is -2.35. The monoisotopic (exact) mass is 253 g/mol. The molecule has 0 amide bonds. The number of hydrogen-bond donors (Lipinski definition) is 1. The summed E-state index contributed by atoms with van der Waals surface area (Å²) >= 11 is 6.04. The molecule has 1 aromatic heterocycles. The molecule has 0 aromatic carbocycles. The minimum Gasteiger partial charge on any atom is -0.311 e. The van der Waals surface area contributed by atoms with Gasteiger partial charge in [0.1, 0.15) is 0 Å². The third-order valence-corrected chi connectivity index (χ3v) is 3.57. The van der Waals surface area contributed by atoms with Crippen molar-refractivity contribution < 1.29 is 0 Å². The third-order valence-electron chi connectivity index (χ3n) is 3.23. The molecule has 2 heterocycles. The molecule has 0 radical (unpaired) electrons. The fourth-order valence-electron chi connectivity index (χ4n) is 2.19. The molecule has 0 saturated carbocycles. The molecule has 0 aliphatic carbocycles. The lowest BCUT2D eigenvalue weighted by molar-refractivity contribution is 0.229. The minimum absolute atomic E-state index is 0.748. The van der Waals surface area contributed by atoms with Gasteiger partial charge in [-0.3, -0.25) is 4.98 Å². The van der Waals surface area contributed by atoms with Gasteiger partial charge in [0.15, 0.2) is 0 Å². The largest absolute Gasteiger partial charge is 0.311 e. The van der Waals surface area contributed by atoms with E-state index in [-0.39, 0.29) is 0 Å². The van der Waals surface area contributed by atoms with Gasteiger partial charge in [-0.05, 0) is 37.6 Å². The maximum absolute atomic E-state index is 6.04. The smallest absolute Gasteiger partial charge is 0.0634 e. The second-order valence-electron chi connectivity index (χ2n) is 4.55. The summed E-state index contributed by atoms with van der Waals surface area (Å²) in [5, 5.41) is 4.18. The maximum atomic E-state index is 6.04. The van der Waals surface area contributed by atoms with E-state index in [0.29, 0.717) is 0 Å². The molecule has 1 saturated heterocycles. The Labute approximate surface area is 108 Å². The van der Waals surface area contributed by atoms with Crippen molar-refractivity contribution in [3.05, 3.63) is 29.0 Å². The van der Waals surface area contributed by atoms with Crippen LogP contribution >= 0.6 is 11.6 Å². The zero-order valence-electron chi connectivity index (χ0n) is 10.2. The molecule has 17 heavy (non-hydrogen) atoms. The molecule has 1 aliphatic heterocycles. The minimum atomic E-state index is 0.748. The van der Waals surface area contributed by atoms with Crippen LogP contribution in [0.3, 0.4) is 0 Å². The van der Waals surface area contributed by atoms with Gasteiger partial charge < -0.3 is 10.2 Å². The van der Waals surface area contributed by atoms with Gasteiger partial charge in [-0.15, -0.1) is 0 Å². The summed E-state index contributed by atoms with van der Waals surface area (Å²) in [6, 6.07) is 1.97. The second kappa shape index (κ2) is 6.94. The van der Waals surface area contributed by atoms with Crippen molar-refractivity contribution in [2.45, 2.75) is 25.8 Å². The van der Waals surface area contributed by atoms with Crippen molar-refractivity contribution in [1.29, 1.82) is 0 Å². The summed E-state index contributed by atoms with van der Waals surface area (Å²) in [5.74, 6) is 0. The van der Waals surface area contributed by atoms with Crippen LogP contribution in [0.4, 0.5) is 0 Å². The van der Waals surface area contributed by atoms with E-state index in [2.05, 4.69) is 15.2 Å². The number of halogens is 1. The first kappa shape index (κ1) is 12.8. The summed E-state index contributed by atoms with van der Waals surface area (Å²) in [7, 11) is 0. The average Bonchev–Trinajstić information content (AvgIpc) is 2.38. The molecule has 0 unspecified atom stereocenters. The van der Waals surface area contributed by atoms with Crippen molar-refractivity contribution >= 4 is 11.6 Å². The standard InChI is InChI=1S/C13H20ClN3/c14-13-11-15-5-4-12(13)10-16-6-9-17-7-2-1-3-8-17/h4-5,11,16H,1-3,6-10H2. The van der Waals surface area contributed by atoms with E-state index < -0.39 is 0 Å². The second-order valence-corrected chi connectivity index (χ2v) is 4.95. The Morgan fingerprint density at radius 2 is 2.12 bits per heavy atom. The van der Waals surface area contributed by atoms with E-state index in [1.165, 1.54) is 32.4 Å². The van der Waals surface area contributed by atoms with E-state index in [1.807, 2.05) is 6.07 Å². The van der Waals surface area contributed by atoms with Crippen LogP contribution in [-0.2, 0) is 6.54 Å². The maximum Gasteiger partial charge on any atom is 0.0634 e. The number of nitrogens with one attached hydrogen (secondary N) is 1. The number of rotatable bonds is 5. The zero-order chi connectivity index (χ0) is 11.9. The van der Waals surface area contributed by atoms with Gasteiger partial charge in [0.05, 0.1) is 5.02 Å². The summed E-state index contributed by atoms with van der Waals surface area (Å²) in [4.78, 5) is 6.51. The predicted molar refractivity (Wildman–Crippen MR) is 71.2 cm³/mol. The van der Waals surface area contributed by atoms with Gasteiger partial charge >= 0.3 is 0 Å². The molecule has 94 valence electrons. The first-order valence-electron chi connectivity index (χ1n) is 6.38. The predicted octanol–water partition coefficient (Wildman–Crippen LogP) is 2.31. The molecule has 0 atom stereocenters. The zero-order valence-corrected chi connectivity index (χ0v) is 10.9. The Hall–Kier alpha value is -0.640. The van der Waals surface area contributed by atoms with Gasteiger partial charge in [-0.1, -0.05) is 18.0 Å². The Morgan fingerprint density at radius 1 is 1.29 bits per heavy atom. The molecule has 2 rings (SSSR count). The van der Waals surface area contributed by atoms with Crippen LogP contribution < -0.4 is 5.32 Å². The van der Waals surface area contributed by atoms with Crippen LogP contribution in [0, 0.1) is 0 Å². The number of aromatic nitrogens is 1. The molecule has 1 aromatic rings. The van der Waals surface area contributed by atoms with E-state index in [9.17, 15) is 0 Å². The topological polar surface area (TPSA) is 28.2 Å². The highest BCUT2D eigenvalue weighted by molar-refractivity contribution is 6.31. The van der Waals surface area contributed by atoms with Crippen LogP contribution in [0.25, 0.3) is 0 Å². The van der Waals surface area contributed by atoms with Gasteiger partial charge in [0.25, 0.3) is 0 Å². The Bertz CT molecular complexity index is 337. The highest BCUT2D eigenvalue weighted by Crippen LogP contribution is 2.12. The molecule has 0 spiro atoms. The molecular weight excluding hydrogens is 234 g/mol. The van der Waals surface area contributed by atoms with Crippen LogP contribution in [0.2, 0.25) is 5.02 Å². The SMILES string of the molecule is Clc1cnccc1CNCCN1CCCCC1. The molecule has 3 nitrogen and oxygen atoms in total. The highest BCUT2D eigenvalue weighted by Gasteiger charge is 2.08. The molecule has 1 fully saturated rings. The van der Waals surface area contributed by atoms with Crippen LogP contribution in [0.5, 0.6) is 0 Å². The Kier molecular flexibility index (Phi) is 5.23. The van der Waals surface area contributed by atoms with Gasteiger partial charge in [-0.25, -0.2) is 0 Å². The van der Waals surface area contributed by atoms with E-state index in [0.717, 1.165) is 30.2 Å². The van der Waals surface area contributed by atoms with Crippen molar-refractivity contribution in [2.75, 3.05) is 26.2 Å². The Balaban J connectivity index is 1.64. The number of piperidine rings is 1. The van der Waals surface area contributed by atoms with Crippen molar-refractivity contribution in [3.8, 4) is 0 Å². The first-order chi connectivity index (χ1) is 8.36. The van der Waals surface area contributed by atoms with Crippen molar-refractivity contribution in [3.63, 3.8) is 0 Å². The van der Waals surface area contributed by atoms with Crippen LogP contribution in [0.15, 0.2) is 18.5 Å². The molecule has 1 aliphatic rings. The van der Waals surface area contributed by atoms with Crippen LogP contribution in [0.1, 0.15) is 24.8 Å². The number of likely N-dealkylation sites (tertiary alicyclic amines) is 1. The summed E-state index contributed by atoms with van der Waals surface area (Å²) in [5.41, 5.74) is 1.13. The Morgan fingerprint density at radius 3 is 2.88 bits per heavy atom. The van der Waals surface area contributed by atoms with Gasteiger partial charge in [0, 0.05) is 32.0 Å². The number of nitrogens with zero attached hydrogens (tertiary/aromatic N) is 2.